The summed E-state index contributed by atoms with van der Waals surface area (Å²) in [5.74, 6) is 0.0719. The van der Waals surface area contributed by atoms with Gasteiger partial charge in [-0.25, -0.2) is 0 Å². The summed E-state index contributed by atoms with van der Waals surface area (Å²) in [5, 5.41) is 0. The lowest BCUT2D eigenvalue weighted by Gasteiger charge is -2.39. The largest absolute Gasteiger partial charge is 0.339 e. The number of carbonyl (C=O) groups excluding carboxylic acids is 1. The first kappa shape index (κ1) is 10.5. The summed E-state index contributed by atoms with van der Waals surface area (Å²) in [7, 11) is 0. The summed E-state index contributed by atoms with van der Waals surface area (Å²) in [5.41, 5.74) is 5.31. The van der Waals surface area contributed by atoms with Crippen molar-refractivity contribution in [2.24, 2.45) is 5.73 Å². The molecule has 13 heavy (non-hydrogen) atoms. The Hall–Kier alpha value is -0.610. The molecule has 0 spiro atoms. The number of hydrogen-bond donors (Lipinski definition) is 1. The molecule has 76 valence electrons. The van der Waals surface area contributed by atoms with Gasteiger partial charge in [0.2, 0.25) is 5.91 Å². The minimum Gasteiger partial charge on any atom is -0.339 e. The molecule has 2 N–H and O–H groups in total. The second-order valence-electron chi connectivity index (χ2n) is 3.52. The van der Waals surface area contributed by atoms with Crippen molar-refractivity contribution in [2.75, 3.05) is 32.7 Å². The highest BCUT2D eigenvalue weighted by atomic mass is 16.2. The van der Waals surface area contributed by atoms with E-state index in [1.54, 1.807) is 0 Å². The highest BCUT2D eigenvalue weighted by Gasteiger charge is 2.24. The number of likely N-dealkylation sites (N-methyl/N-ethyl adjacent to an activating group) is 1. The van der Waals surface area contributed by atoms with Crippen molar-refractivity contribution in [1.82, 2.24) is 9.80 Å². The van der Waals surface area contributed by atoms with E-state index in [9.17, 15) is 4.79 Å². The molecule has 0 saturated carbocycles. The molecule has 0 aromatic rings. The zero-order valence-electron chi connectivity index (χ0n) is 8.49. The molecule has 1 aliphatic heterocycles. The fourth-order valence-electron chi connectivity index (χ4n) is 1.82. The highest BCUT2D eigenvalue weighted by Crippen LogP contribution is 2.08. The van der Waals surface area contributed by atoms with Gasteiger partial charge in [0, 0.05) is 25.7 Å². The van der Waals surface area contributed by atoms with Crippen LogP contribution in [0.1, 0.15) is 13.8 Å². The highest BCUT2D eigenvalue weighted by molar-refractivity contribution is 5.78. The molecule has 1 amide bonds. The second-order valence-corrected chi connectivity index (χ2v) is 3.52. The summed E-state index contributed by atoms with van der Waals surface area (Å²) in [6.45, 7) is 8.13. The zero-order valence-corrected chi connectivity index (χ0v) is 8.49. The molecule has 0 aliphatic carbocycles. The third kappa shape index (κ3) is 2.42. The Morgan fingerprint density at radius 2 is 2.23 bits per heavy atom. The summed E-state index contributed by atoms with van der Waals surface area (Å²) >= 11 is 0. The van der Waals surface area contributed by atoms with E-state index in [1.165, 1.54) is 0 Å². The van der Waals surface area contributed by atoms with Gasteiger partial charge in [0.15, 0.2) is 0 Å². The van der Waals surface area contributed by atoms with Crippen LogP contribution in [0.25, 0.3) is 0 Å². The van der Waals surface area contributed by atoms with E-state index < -0.39 is 0 Å². The van der Waals surface area contributed by atoms with Gasteiger partial charge in [0.1, 0.15) is 0 Å². The number of rotatable bonds is 2. The maximum atomic E-state index is 11.3. The second kappa shape index (κ2) is 4.58. The molecule has 1 heterocycles. The molecule has 1 atom stereocenters. The molecule has 4 nitrogen and oxygen atoms in total. The van der Waals surface area contributed by atoms with Gasteiger partial charge in [-0.15, -0.1) is 0 Å². The minimum absolute atomic E-state index is 0.0719. The van der Waals surface area contributed by atoms with Gasteiger partial charge < -0.3 is 10.6 Å². The predicted octanol–water partition coefficient (Wildman–Crippen LogP) is -0.502. The molecular weight excluding hydrogens is 166 g/mol. The molecule has 1 fully saturated rings. The van der Waals surface area contributed by atoms with E-state index in [0.29, 0.717) is 6.04 Å². The maximum absolute atomic E-state index is 11.3. The smallest absolute Gasteiger partial charge is 0.236 e. The van der Waals surface area contributed by atoms with Crippen LogP contribution in [0.2, 0.25) is 0 Å². The van der Waals surface area contributed by atoms with Crippen LogP contribution in [-0.2, 0) is 4.79 Å². The SMILES string of the molecule is CCN1CCN(C(=O)CN)CC1C. The van der Waals surface area contributed by atoms with Crippen LogP contribution in [0, 0.1) is 0 Å². The molecule has 0 aromatic heterocycles. The van der Waals surface area contributed by atoms with Crippen molar-refractivity contribution in [3.05, 3.63) is 0 Å². The quantitative estimate of drug-likeness (QED) is 0.631. The number of amides is 1. The van der Waals surface area contributed by atoms with Crippen molar-refractivity contribution >= 4 is 5.91 Å². The van der Waals surface area contributed by atoms with Crippen LogP contribution in [0.3, 0.4) is 0 Å². The lowest BCUT2D eigenvalue weighted by molar-refractivity contribution is -0.132. The number of nitrogens with two attached hydrogens (primary N) is 1. The Bertz CT molecular complexity index is 184. The average Bonchev–Trinajstić information content (AvgIpc) is 2.16. The van der Waals surface area contributed by atoms with Crippen LogP contribution in [0.4, 0.5) is 0 Å². The van der Waals surface area contributed by atoms with Crippen molar-refractivity contribution in [2.45, 2.75) is 19.9 Å². The Kier molecular flexibility index (Phi) is 3.69. The molecule has 1 rings (SSSR count). The van der Waals surface area contributed by atoms with Crippen LogP contribution in [0.5, 0.6) is 0 Å². The molecule has 0 radical (unpaired) electrons. The van der Waals surface area contributed by atoms with Gasteiger partial charge in [-0.1, -0.05) is 6.92 Å². The van der Waals surface area contributed by atoms with Gasteiger partial charge in [-0.05, 0) is 13.5 Å². The number of carbonyl (C=O) groups is 1. The number of hydrogen-bond acceptors (Lipinski definition) is 3. The van der Waals surface area contributed by atoms with Gasteiger partial charge >= 0.3 is 0 Å². The van der Waals surface area contributed by atoms with Gasteiger partial charge in [-0.2, -0.15) is 0 Å². The van der Waals surface area contributed by atoms with Crippen molar-refractivity contribution in [3.63, 3.8) is 0 Å². The van der Waals surface area contributed by atoms with E-state index in [-0.39, 0.29) is 12.5 Å². The predicted molar refractivity (Wildman–Crippen MR) is 52.3 cm³/mol. The zero-order chi connectivity index (χ0) is 9.84. The van der Waals surface area contributed by atoms with Crippen LogP contribution in [0.15, 0.2) is 0 Å². The third-order valence-electron chi connectivity index (χ3n) is 2.70. The van der Waals surface area contributed by atoms with Gasteiger partial charge in [0.25, 0.3) is 0 Å². The monoisotopic (exact) mass is 185 g/mol. The third-order valence-corrected chi connectivity index (χ3v) is 2.70. The van der Waals surface area contributed by atoms with Crippen molar-refractivity contribution in [1.29, 1.82) is 0 Å². The van der Waals surface area contributed by atoms with E-state index in [2.05, 4.69) is 18.7 Å². The first-order valence-corrected chi connectivity index (χ1v) is 4.91. The van der Waals surface area contributed by atoms with Crippen LogP contribution < -0.4 is 5.73 Å². The average molecular weight is 185 g/mol. The maximum Gasteiger partial charge on any atom is 0.236 e. The van der Waals surface area contributed by atoms with E-state index in [0.717, 1.165) is 26.2 Å². The summed E-state index contributed by atoms with van der Waals surface area (Å²) < 4.78 is 0. The number of nitrogens with zero attached hydrogens (tertiary/aromatic N) is 2. The normalized spacial score (nSPS) is 24.8. The standard InChI is InChI=1S/C9H19N3O/c1-3-11-4-5-12(7-8(11)2)9(13)6-10/h8H,3-7,10H2,1-2H3. The lowest BCUT2D eigenvalue weighted by Crippen LogP contribution is -2.54. The minimum atomic E-state index is 0.0719. The van der Waals surface area contributed by atoms with Crippen LogP contribution in [-0.4, -0.2) is 54.5 Å². The Balaban J connectivity index is 2.45. The summed E-state index contributed by atoms with van der Waals surface area (Å²) in [6.07, 6.45) is 0. The Morgan fingerprint density at radius 3 is 2.69 bits per heavy atom. The Morgan fingerprint density at radius 1 is 1.54 bits per heavy atom. The molecule has 0 aromatic carbocycles. The first-order valence-electron chi connectivity index (χ1n) is 4.91. The Labute approximate surface area is 79.7 Å². The molecular formula is C9H19N3O. The van der Waals surface area contributed by atoms with E-state index in [1.807, 2.05) is 4.90 Å². The molecule has 0 bridgehead atoms. The van der Waals surface area contributed by atoms with E-state index in [4.69, 9.17) is 5.73 Å². The lowest BCUT2D eigenvalue weighted by atomic mass is 10.2. The molecule has 4 heteroatoms. The molecule has 1 unspecified atom stereocenters. The fraction of sp³-hybridized carbons (Fsp3) is 0.889. The van der Waals surface area contributed by atoms with Crippen molar-refractivity contribution < 1.29 is 4.79 Å². The van der Waals surface area contributed by atoms with Gasteiger partial charge in [-0.3, -0.25) is 9.69 Å². The van der Waals surface area contributed by atoms with Crippen LogP contribution >= 0.6 is 0 Å². The van der Waals surface area contributed by atoms with E-state index >= 15 is 0 Å². The molecule has 1 aliphatic rings. The topological polar surface area (TPSA) is 49.6 Å². The summed E-state index contributed by atoms with van der Waals surface area (Å²) in [6, 6.07) is 0.467. The molecule has 1 saturated heterocycles. The van der Waals surface area contributed by atoms with Gasteiger partial charge in [0.05, 0.1) is 6.54 Å². The first-order chi connectivity index (χ1) is 6.19. The number of piperazine rings is 1. The fourth-order valence-corrected chi connectivity index (χ4v) is 1.82. The van der Waals surface area contributed by atoms with Crippen molar-refractivity contribution in [3.8, 4) is 0 Å². The summed E-state index contributed by atoms with van der Waals surface area (Å²) in [4.78, 5) is 15.5.